The van der Waals surface area contributed by atoms with Gasteiger partial charge in [0.25, 0.3) is 0 Å². The van der Waals surface area contributed by atoms with E-state index in [9.17, 15) is 14.3 Å². The number of oxazole rings is 1. The minimum atomic E-state index is -1.29. The van der Waals surface area contributed by atoms with Crippen molar-refractivity contribution in [3.05, 3.63) is 52.2 Å². The maximum atomic E-state index is 14.0. The molecule has 1 aromatic carbocycles. The van der Waals surface area contributed by atoms with Crippen LogP contribution in [0, 0.1) is 5.82 Å². The monoisotopic (exact) mass is 323 g/mol. The Bertz CT molecular complexity index is 814. The summed E-state index contributed by atoms with van der Waals surface area (Å²) in [6.07, 6.45) is 0. The van der Waals surface area contributed by atoms with Crippen LogP contribution >= 0.6 is 22.9 Å². The van der Waals surface area contributed by atoms with Crippen molar-refractivity contribution in [2.75, 3.05) is 0 Å². The summed E-state index contributed by atoms with van der Waals surface area (Å²) in [6.45, 7) is 0. The van der Waals surface area contributed by atoms with Crippen LogP contribution in [0.1, 0.15) is 10.5 Å². The van der Waals surface area contributed by atoms with Crippen LogP contribution in [0.25, 0.3) is 22.1 Å². The van der Waals surface area contributed by atoms with Crippen LogP contribution in [0.4, 0.5) is 4.39 Å². The van der Waals surface area contributed by atoms with Crippen LogP contribution < -0.4 is 0 Å². The van der Waals surface area contributed by atoms with Gasteiger partial charge in [-0.25, -0.2) is 14.2 Å². The second-order valence-corrected chi connectivity index (χ2v) is 5.49. The number of carboxylic acid groups (broad SMARTS) is 1. The average molecular weight is 324 g/mol. The van der Waals surface area contributed by atoms with E-state index < -0.39 is 11.8 Å². The van der Waals surface area contributed by atoms with Crippen LogP contribution in [0.15, 0.2) is 40.1 Å². The highest BCUT2D eigenvalue weighted by molar-refractivity contribution is 7.13. The molecule has 0 amide bonds. The first kappa shape index (κ1) is 13.8. The molecule has 0 radical (unpaired) electrons. The molecule has 21 heavy (non-hydrogen) atoms. The lowest BCUT2D eigenvalue weighted by Crippen LogP contribution is -1.99. The lowest BCUT2D eigenvalue weighted by molar-refractivity contribution is 0.0691. The second-order valence-electron chi connectivity index (χ2n) is 4.10. The first-order valence-corrected chi connectivity index (χ1v) is 7.05. The van der Waals surface area contributed by atoms with E-state index in [0.29, 0.717) is 4.88 Å². The number of carbonyl (C=O) groups is 1. The van der Waals surface area contributed by atoms with Gasteiger partial charge in [-0.2, -0.15) is 0 Å². The van der Waals surface area contributed by atoms with E-state index >= 15 is 0 Å². The number of aromatic carboxylic acids is 1. The number of hydrogen-bond donors (Lipinski definition) is 1. The average Bonchev–Trinajstić information content (AvgIpc) is 3.07. The fourth-order valence-electron chi connectivity index (χ4n) is 1.83. The summed E-state index contributed by atoms with van der Waals surface area (Å²) >= 11 is 7.04. The smallest absolute Gasteiger partial charge is 0.358 e. The number of nitrogens with zero attached hydrogens (tertiary/aromatic N) is 1. The van der Waals surface area contributed by atoms with E-state index in [0.717, 1.165) is 6.07 Å². The van der Waals surface area contributed by atoms with Gasteiger partial charge in [0.15, 0.2) is 11.5 Å². The van der Waals surface area contributed by atoms with Gasteiger partial charge in [-0.15, -0.1) is 11.3 Å². The zero-order valence-corrected chi connectivity index (χ0v) is 11.9. The van der Waals surface area contributed by atoms with Gasteiger partial charge in [-0.1, -0.05) is 17.7 Å². The molecule has 0 bridgehead atoms. The summed E-state index contributed by atoms with van der Waals surface area (Å²) in [5.41, 5.74) is -0.327. The van der Waals surface area contributed by atoms with E-state index in [1.54, 1.807) is 12.1 Å². The molecule has 0 atom stereocenters. The molecule has 0 saturated heterocycles. The van der Waals surface area contributed by atoms with Crippen molar-refractivity contribution in [3.63, 3.8) is 0 Å². The molecular weight excluding hydrogens is 317 g/mol. The summed E-state index contributed by atoms with van der Waals surface area (Å²) in [4.78, 5) is 15.9. The number of carboxylic acids is 1. The highest BCUT2D eigenvalue weighted by Crippen LogP contribution is 2.33. The molecule has 2 heterocycles. The molecule has 0 unspecified atom stereocenters. The molecule has 0 fully saturated rings. The van der Waals surface area contributed by atoms with Crippen molar-refractivity contribution < 1.29 is 18.7 Å². The van der Waals surface area contributed by atoms with Gasteiger partial charge in [0.05, 0.1) is 10.4 Å². The lowest BCUT2D eigenvalue weighted by Gasteiger charge is -2.00. The minimum Gasteiger partial charge on any atom is -0.476 e. The van der Waals surface area contributed by atoms with E-state index in [2.05, 4.69) is 4.98 Å². The first-order chi connectivity index (χ1) is 10.1. The van der Waals surface area contributed by atoms with Gasteiger partial charge >= 0.3 is 5.97 Å². The Labute approximate surface area is 127 Å². The van der Waals surface area contributed by atoms with E-state index in [-0.39, 0.29) is 27.9 Å². The van der Waals surface area contributed by atoms with Gasteiger partial charge < -0.3 is 9.52 Å². The predicted molar refractivity (Wildman–Crippen MR) is 77.2 cm³/mol. The normalized spacial score (nSPS) is 10.8. The summed E-state index contributed by atoms with van der Waals surface area (Å²) in [5.74, 6) is -1.93. The molecule has 3 rings (SSSR count). The van der Waals surface area contributed by atoms with Crippen molar-refractivity contribution in [2.45, 2.75) is 0 Å². The number of hydrogen-bond acceptors (Lipinski definition) is 4. The minimum absolute atomic E-state index is 0.00658. The fourth-order valence-corrected chi connectivity index (χ4v) is 2.63. The molecule has 7 heteroatoms. The summed E-state index contributed by atoms with van der Waals surface area (Å²) < 4.78 is 19.4. The van der Waals surface area contributed by atoms with Crippen LogP contribution in [-0.2, 0) is 0 Å². The molecule has 2 aromatic heterocycles. The third-order valence-corrected chi connectivity index (χ3v) is 3.83. The third-order valence-electron chi connectivity index (χ3n) is 2.74. The van der Waals surface area contributed by atoms with Gasteiger partial charge in [0.1, 0.15) is 5.82 Å². The molecule has 0 aliphatic heterocycles. The molecule has 1 N–H and O–H groups in total. The Balaban J connectivity index is 2.19. The van der Waals surface area contributed by atoms with Crippen molar-refractivity contribution in [3.8, 4) is 22.1 Å². The summed E-state index contributed by atoms with van der Waals surface area (Å²) in [5, 5.41) is 11.2. The van der Waals surface area contributed by atoms with E-state index in [4.69, 9.17) is 16.0 Å². The highest BCUT2D eigenvalue weighted by atomic mass is 35.5. The molecule has 0 aliphatic rings. The Morgan fingerprint density at radius 3 is 2.81 bits per heavy atom. The molecular formula is C14H7ClFNO3S. The Morgan fingerprint density at radius 1 is 1.38 bits per heavy atom. The fraction of sp³-hybridized carbons (Fsp3) is 0. The van der Waals surface area contributed by atoms with Crippen LogP contribution in [0.2, 0.25) is 5.02 Å². The number of aromatic nitrogens is 1. The van der Waals surface area contributed by atoms with Gasteiger partial charge in [0.2, 0.25) is 5.89 Å². The molecule has 0 aliphatic carbocycles. The van der Waals surface area contributed by atoms with Crippen molar-refractivity contribution in [1.82, 2.24) is 4.98 Å². The number of halogens is 2. The maximum absolute atomic E-state index is 14.0. The SMILES string of the molecule is O=C(O)c1nc(-c2cccs2)oc1-c1ccc(Cl)cc1F. The Morgan fingerprint density at radius 2 is 2.19 bits per heavy atom. The lowest BCUT2D eigenvalue weighted by atomic mass is 10.1. The molecule has 106 valence electrons. The van der Waals surface area contributed by atoms with Crippen molar-refractivity contribution in [1.29, 1.82) is 0 Å². The second kappa shape index (κ2) is 5.31. The standard InChI is InChI=1S/C14H7ClFNO3S/c15-7-3-4-8(9(16)6-7)12-11(14(18)19)17-13(20-12)10-2-1-5-21-10/h1-6H,(H,18,19). The summed E-state index contributed by atoms with van der Waals surface area (Å²) in [6, 6.07) is 7.44. The van der Waals surface area contributed by atoms with Crippen molar-refractivity contribution >= 4 is 28.9 Å². The molecule has 4 nitrogen and oxygen atoms in total. The Hall–Kier alpha value is -2.18. The Kier molecular flexibility index (Phi) is 3.48. The third kappa shape index (κ3) is 2.55. The van der Waals surface area contributed by atoms with Gasteiger partial charge in [-0.05, 0) is 29.6 Å². The van der Waals surface area contributed by atoms with Crippen molar-refractivity contribution in [2.24, 2.45) is 0 Å². The van der Waals surface area contributed by atoms with Gasteiger partial charge in [0, 0.05) is 5.02 Å². The van der Waals surface area contributed by atoms with Crippen LogP contribution in [-0.4, -0.2) is 16.1 Å². The van der Waals surface area contributed by atoms with E-state index in [1.165, 1.54) is 23.5 Å². The summed E-state index contributed by atoms with van der Waals surface area (Å²) in [7, 11) is 0. The van der Waals surface area contributed by atoms with Crippen LogP contribution in [0.3, 0.4) is 0 Å². The number of thiophene rings is 1. The van der Waals surface area contributed by atoms with Crippen LogP contribution in [0.5, 0.6) is 0 Å². The number of benzene rings is 1. The zero-order chi connectivity index (χ0) is 15.0. The topological polar surface area (TPSA) is 63.3 Å². The predicted octanol–water partition coefficient (Wildman–Crippen LogP) is 4.56. The molecule has 3 aromatic rings. The highest BCUT2D eigenvalue weighted by Gasteiger charge is 2.24. The largest absolute Gasteiger partial charge is 0.476 e. The number of rotatable bonds is 3. The molecule has 0 spiro atoms. The zero-order valence-electron chi connectivity index (χ0n) is 10.3. The first-order valence-electron chi connectivity index (χ1n) is 5.79. The van der Waals surface area contributed by atoms with E-state index in [1.807, 2.05) is 5.38 Å². The van der Waals surface area contributed by atoms with Gasteiger partial charge in [-0.3, -0.25) is 0 Å². The maximum Gasteiger partial charge on any atom is 0.358 e. The quantitative estimate of drug-likeness (QED) is 0.767. The molecule has 0 saturated carbocycles.